The normalized spacial score (nSPS) is 11.2. The Kier molecular flexibility index (Phi) is 6.71. The standard InChI is InChI=1S/C21H26ClFO2/c1-5-6-9-25-20-12-18(22)17(14(4)21(20)23)11-15-7-8-19(24)16(10-15)13(2)3/h7-8,10,12-13,24H,5-6,9,11H2,1-4H3. The number of ether oxygens (including phenoxy) is 1. The number of aromatic hydroxyl groups is 1. The lowest BCUT2D eigenvalue weighted by atomic mass is 9.95. The van der Waals surface area contributed by atoms with Gasteiger partial charge in [-0.3, -0.25) is 0 Å². The van der Waals surface area contributed by atoms with Crippen molar-refractivity contribution in [1.82, 2.24) is 0 Å². The highest BCUT2D eigenvalue weighted by molar-refractivity contribution is 6.31. The van der Waals surface area contributed by atoms with Crippen molar-refractivity contribution in [3.8, 4) is 11.5 Å². The van der Waals surface area contributed by atoms with Gasteiger partial charge in [-0.2, -0.15) is 0 Å². The Hall–Kier alpha value is -1.74. The molecule has 2 nitrogen and oxygen atoms in total. The maximum atomic E-state index is 14.6. The van der Waals surface area contributed by atoms with E-state index in [-0.39, 0.29) is 23.2 Å². The highest BCUT2D eigenvalue weighted by Crippen LogP contribution is 2.33. The molecule has 2 aromatic carbocycles. The van der Waals surface area contributed by atoms with Crippen LogP contribution in [0.15, 0.2) is 24.3 Å². The van der Waals surface area contributed by atoms with E-state index in [1.807, 2.05) is 26.0 Å². The number of phenolic OH excluding ortho intramolecular Hbond substituents is 1. The van der Waals surface area contributed by atoms with Gasteiger partial charge in [-0.25, -0.2) is 4.39 Å². The Morgan fingerprint density at radius 2 is 1.96 bits per heavy atom. The van der Waals surface area contributed by atoms with Gasteiger partial charge in [-0.05, 0) is 54.0 Å². The molecule has 0 saturated heterocycles. The van der Waals surface area contributed by atoms with E-state index in [1.54, 1.807) is 19.1 Å². The van der Waals surface area contributed by atoms with Gasteiger partial charge in [0, 0.05) is 11.1 Å². The van der Waals surface area contributed by atoms with E-state index in [0.29, 0.717) is 23.6 Å². The number of hydrogen-bond acceptors (Lipinski definition) is 2. The van der Waals surface area contributed by atoms with E-state index in [2.05, 4.69) is 6.92 Å². The van der Waals surface area contributed by atoms with Crippen LogP contribution in [-0.2, 0) is 6.42 Å². The van der Waals surface area contributed by atoms with Gasteiger partial charge in [0.15, 0.2) is 11.6 Å². The number of rotatable bonds is 7. The van der Waals surface area contributed by atoms with Gasteiger partial charge in [0.1, 0.15) is 5.75 Å². The predicted molar refractivity (Wildman–Crippen MR) is 102 cm³/mol. The van der Waals surface area contributed by atoms with E-state index in [4.69, 9.17) is 16.3 Å². The Bertz CT molecular complexity index is 741. The van der Waals surface area contributed by atoms with E-state index in [9.17, 15) is 9.50 Å². The Balaban J connectivity index is 2.31. The van der Waals surface area contributed by atoms with Crippen molar-refractivity contribution in [3.63, 3.8) is 0 Å². The van der Waals surface area contributed by atoms with Crippen LogP contribution in [0.5, 0.6) is 11.5 Å². The molecule has 0 saturated carbocycles. The quantitative estimate of drug-likeness (QED) is 0.577. The molecule has 0 aliphatic heterocycles. The summed E-state index contributed by atoms with van der Waals surface area (Å²) in [6.07, 6.45) is 2.38. The fourth-order valence-corrected chi connectivity index (χ4v) is 3.10. The molecule has 0 heterocycles. The zero-order chi connectivity index (χ0) is 18.6. The van der Waals surface area contributed by atoms with Crippen LogP contribution in [0.2, 0.25) is 5.02 Å². The summed E-state index contributed by atoms with van der Waals surface area (Å²) in [4.78, 5) is 0. The summed E-state index contributed by atoms with van der Waals surface area (Å²) in [6, 6.07) is 7.06. The molecule has 136 valence electrons. The third-order valence-electron chi connectivity index (χ3n) is 4.39. The molecule has 0 aliphatic carbocycles. The zero-order valence-corrected chi connectivity index (χ0v) is 16.1. The second-order valence-electron chi connectivity index (χ2n) is 6.70. The Morgan fingerprint density at radius 1 is 1.24 bits per heavy atom. The third kappa shape index (κ3) is 4.66. The molecule has 25 heavy (non-hydrogen) atoms. The molecule has 1 N–H and O–H groups in total. The number of hydrogen-bond donors (Lipinski definition) is 1. The van der Waals surface area contributed by atoms with E-state index in [1.165, 1.54) is 0 Å². The lowest BCUT2D eigenvalue weighted by molar-refractivity contribution is 0.293. The molecule has 0 unspecified atom stereocenters. The lowest BCUT2D eigenvalue weighted by Gasteiger charge is -2.15. The fraction of sp³-hybridized carbons (Fsp3) is 0.429. The van der Waals surface area contributed by atoms with Crippen molar-refractivity contribution in [3.05, 3.63) is 57.4 Å². The molecule has 4 heteroatoms. The van der Waals surface area contributed by atoms with E-state index >= 15 is 0 Å². The molecule has 0 radical (unpaired) electrons. The zero-order valence-electron chi connectivity index (χ0n) is 15.3. The largest absolute Gasteiger partial charge is 0.508 e. The van der Waals surface area contributed by atoms with Crippen LogP contribution in [0.3, 0.4) is 0 Å². The summed E-state index contributed by atoms with van der Waals surface area (Å²) in [5.74, 6) is 0.363. The van der Waals surface area contributed by atoms with Crippen LogP contribution < -0.4 is 4.74 Å². The smallest absolute Gasteiger partial charge is 0.168 e. The highest BCUT2D eigenvalue weighted by atomic mass is 35.5. The minimum absolute atomic E-state index is 0.211. The first-order valence-corrected chi connectivity index (χ1v) is 9.15. The maximum absolute atomic E-state index is 14.6. The SMILES string of the molecule is CCCCOc1cc(Cl)c(Cc2ccc(O)c(C(C)C)c2)c(C)c1F. The summed E-state index contributed by atoms with van der Waals surface area (Å²) in [5.41, 5.74) is 3.14. The van der Waals surface area contributed by atoms with Crippen LogP contribution in [0.25, 0.3) is 0 Å². The summed E-state index contributed by atoms with van der Waals surface area (Å²) >= 11 is 6.41. The van der Waals surface area contributed by atoms with Crippen molar-refractivity contribution >= 4 is 11.6 Å². The number of phenols is 1. The minimum atomic E-state index is -0.349. The highest BCUT2D eigenvalue weighted by Gasteiger charge is 2.17. The van der Waals surface area contributed by atoms with Gasteiger partial charge in [-0.1, -0.05) is 50.9 Å². The van der Waals surface area contributed by atoms with Gasteiger partial charge in [0.2, 0.25) is 0 Å². The number of unbranched alkanes of at least 4 members (excludes halogenated alkanes) is 1. The second-order valence-corrected chi connectivity index (χ2v) is 7.11. The molecule has 0 aromatic heterocycles. The van der Waals surface area contributed by atoms with Gasteiger partial charge in [0.25, 0.3) is 0 Å². The molecule has 0 fully saturated rings. The summed E-state index contributed by atoms with van der Waals surface area (Å²) in [6.45, 7) is 8.33. The first-order chi connectivity index (χ1) is 11.8. The van der Waals surface area contributed by atoms with Crippen LogP contribution in [0.4, 0.5) is 4.39 Å². The molecular weight excluding hydrogens is 339 g/mol. The van der Waals surface area contributed by atoms with E-state index < -0.39 is 0 Å². The Labute approximate surface area is 154 Å². The van der Waals surface area contributed by atoms with Gasteiger partial charge < -0.3 is 9.84 Å². The molecular formula is C21H26ClFO2. The summed E-state index contributed by atoms with van der Waals surface area (Å²) in [7, 11) is 0. The van der Waals surface area contributed by atoms with Crippen molar-refractivity contribution in [1.29, 1.82) is 0 Å². The van der Waals surface area contributed by atoms with Crippen molar-refractivity contribution in [2.45, 2.75) is 52.9 Å². The molecule has 0 amide bonds. The van der Waals surface area contributed by atoms with Gasteiger partial charge in [-0.15, -0.1) is 0 Å². The maximum Gasteiger partial charge on any atom is 0.168 e. The second kappa shape index (κ2) is 8.57. The van der Waals surface area contributed by atoms with Crippen molar-refractivity contribution in [2.75, 3.05) is 6.61 Å². The molecule has 0 atom stereocenters. The van der Waals surface area contributed by atoms with Crippen molar-refractivity contribution < 1.29 is 14.2 Å². The number of benzene rings is 2. The topological polar surface area (TPSA) is 29.5 Å². The van der Waals surface area contributed by atoms with Crippen LogP contribution in [0.1, 0.15) is 61.8 Å². The van der Waals surface area contributed by atoms with Gasteiger partial charge >= 0.3 is 0 Å². The molecule has 0 aliphatic rings. The minimum Gasteiger partial charge on any atom is -0.508 e. The monoisotopic (exact) mass is 364 g/mol. The molecule has 0 bridgehead atoms. The summed E-state index contributed by atoms with van der Waals surface area (Å²) < 4.78 is 20.1. The van der Waals surface area contributed by atoms with Crippen LogP contribution >= 0.6 is 11.6 Å². The van der Waals surface area contributed by atoms with E-state index in [0.717, 1.165) is 29.5 Å². The first-order valence-electron chi connectivity index (χ1n) is 8.77. The molecule has 0 spiro atoms. The Morgan fingerprint density at radius 3 is 2.60 bits per heavy atom. The lowest BCUT2D eigenvalue weighted by Crippen LogP contribution is -2.03. The third-order valence-corrected chi connectivity index (χ3v) is 4.73. The average Bonchev–Trinajstić information content (AvgIpc) is 2.57. The first kappa shape index (κ1) is 19.6. The molecule has 2 aromatic rings. The molecule has 2 rings (SSSR count). The van der Waals surface area contributed by atoms with Gasteiger partial charge in [0.05, 0.1) is 6.61 Å². The predicted octanol–water partition coefficient (Wildman–Crippen LogP) is 6.39. The fourth-order valence-electron chi connectivity index (χ4n) is 2.79. The van der Waals surface area contributed by atoms with Crippen LogP contribution in [0, 0.1) is 12.7 Å². The van der Waals surface area contributed by atoms with Crippen molar-refractivity contribution in [2.24, 2.45) is 0 Å². The van der Waals surface area contributed by atoms with Crippen LogP contribution in [-0.4, -0.2) is 11.7 Å². The number of halogens is 2. The summed E-state index contributed by atoms with van der Waals surface area (Å²) in [5, 5.41) is 10.5. The average molecular weight is 365 g/mol.